The molecule has 0 aliphatic carbocycles. The molecule has 4 rings (SSSR count). The molecular weight excluding hydrogens is 306 g/mol. The van der Waals surface area contributed by atoms with Crippen molar-refractivity contribution >= 4 is 11.6 Å². The van der Waals surface area contributed by atoms with Crippen LogP contribution in [0.15, 0.2) is 24.7 Å². The lowest BCUT2D eigenvalue weighted by molar-refractivity contribution is 0.181. The number of aryl methyl sites for hydroxylation is 1. The maximum Gasteiger partial charge on any atom is 0.254 e. The van der Waals surface area contributed by atoms with Crippen LogP contribution in [-0.2, 0) is 18.4 Å². The minimum Gasteiger partial charge on any atom is -0.378 e. The molecule has 3 aromatic rings. The van der Waals surface area contributed by atoms with Gasteiger partial charge in [0.2, 0.25) is 0 Å². The van der Waals surface area contributed by atoms with Crippen molar-refractivity contribution in [2.75, 3.05) is 25.1 Å². The van der Waals surface area contributed by atoms with Gasteiger partial charge in [-0.15, -0.1) is 0 Å². The van der Waals surface area contributed by atoms with E-state index in [0.29, 0.717) is 18.3 Å². The largest absolute Gasteiger partial charge is 0.378 e. The zero-order chi connectivity index (χ0) is 16.5. The number of rotatable bonds is 4. The van der Waals surface area contributed by atoms with Crippen LogP contribution in [0.1, 0.15) is 30.1 Å². The summed E-state index contributed by atoms with van der Waals surface area (Å²) in [6.07, 6.45) is 5.61. The minimum absolute atomic E-state index is 0.474. The Bertz CT molecular complexity index is 832. The molecule has 0 N–H and O–H groups in total. The second-order valence-electron chi connectivity index (χ2n) is 6.15. The highest BCUT2D eigenvalue weighted by Crippen LogP contribution is 2.30. The van der Waals surface area contributed by atoms with E-state index in [0.717, 1.165) is 37.4 Å². The summed E-state index contributed by atoms with van der Waals surface area (Å²) in [6.45, 7) is 2.42. The Morgan fingerprint density at radius 2 is 2.08 bits per heavy atom. The van der Waals surface area contributed by atoms with E-state index >= 15 is 0 Å². The lowest BCUT2D eigenvalue weighted by Gasteiger charge is -2.33. The number of piperidine rings is 1. The molecule has 0 saturated carbocycles. The second kappa shape index (κ2) is 6.20. The molecule has 126 valence electrons. The van der Waals surface area contributed by atoms with Gasteiger partial charge in [0.25, 0.3) is 5.78 Å². The molecule has 1 aliphatic heterocycles. The molecule has 0 bridgehead atoms. The quantitative estimate of drug-likeness (QED) is 0.721. The molecule has 0 spiro atoms. The number of fused-ring (bicyclic) bond motifs is 1. The number of anilines is 1. The summed E-state index contributed by atoms with van der Waals surface area (Å²) in [5.74, 6) is 2.21. The highest BCUT2D eigenvalue weighted by Gasteiger charge is 2.24. The average Bonchev–Trinajstić information content (AvgIpc) is 3.23. The second-order valence-corrected chi connectivity index (χ2v) is 6.15. The molecule has 0 aromatic carbocycles. The highest BCUT2D eigenvalue weighted by molar-refractivity contribution is 5.47. The van der Waals surface area contributed by atoms with Gasteiger partial charge in [-0.05, 0) is 18.9 Å². The smallest absolute Gasteiger partial charge is 0.254 e. The van der Waals surface area contributed by atoms with Crippen molar-refractivity contribution < 1.29 is 4.74 Å². The number of ether oxygens (including phenoxy) is 1. The van der Waals surface area contributed by atoms with Gasteiger partial charge < -0.3 is 9.64 Å². The molecule has 0 unspecified atom stereocenters. The minimum atomic E-state index is 0.474. The molecule has 8 nitrogen and oxygen atoms in total. The Balaban J connectivity index is 1.58. The van der Waals surface area contributed by atoms with Crippen LogP contribution >= 0.6 is 0 Å². The van der Waals surface area contributed by atoms with Crippen LogP contribution < -0.4 is 4.90 Å². The summed E-state index contributed by atoms with van der Waals surface area (Å²) in [4.78, 5) is 11.1. The third-order valence-electron chi connectivity index (χ3n) is 4.67. The van der Waals surface area contributed by atoms with E-state index < -0.39 is 0 Å². The molecule has 8 heteroatoms. The lowest BCUT2D eigenvalue weighted by Crippen LogP contribution is -2.35. The predicted octanol–water partition coefficient (Wildman–Crippen LogP) is 1.39. The molecule has 24 heavy (non-hydrogen) atoms. The van der Waals surface area contributed by atoms with Crippen molar-refractivity contribution in [1.29, 1.82) is 0 Å². The highest BCUT2D eigenvalue weighted by atomic mass is 16.5. The number of nitrogens with zero attached hydrogens (tertiary/aromatic N) is 7. The Hall–Kier alpha value is -2.48. The van der Waals surface area contributed by atoms with Gasteiger partial charge in [0.15, 0.2) is 0 Å². The average molecular weight is 327 g/mol. The summed E-state index contributed by atoms with van der Waals surface area (Å²) in [5.41, 5.74) is 2.19. The van der Waals surface area contributed by atoms with Crippen molar-refractivity contribution in [2.45, 2.75) is 25.4 Å². The van der Waals surface area contributed by atoms with Gasteiger partial charge in [-0.2, -0.15) is 19.7 Å². The van der Waals surface area contributed by atoms with Crippen LogP contribution in [0.25, 0.3) is 5.78 Å². The van der Waals surface area contributed by atoms with E-state index in [1.165, 1.54) is 5.69 Å². The van der Waals surface area contributed by atoms with Crippen molar-refractivity contribution in [3.05, 3.63) is 36.0 Å². The lowest BCUT2D eigenvalue weighted by atomic mass is 9.93. The third kappa shape index (κ3) is 2.62. The molecule has 1 aliphatic rings. The van der Waals surface area contributed by atoms with Crippen molar-refractivity contribution in [2.24, 2.45) is 7.05 Å². The fourth-order valence-electron chi connectivity index (χ4n) is 3.48. The summed E-state index contributed by atoms with van der Waals surface area (Å²) in [6, 6.07) is 4.18. The van der Waals surface area contributed by atoms with Gasteiger partial charge >= 0.3 is 0 Å². The van der Waals surface area contributed by atoms with Gasteiger partial charge in [-0.25, -0.2) is 4.98 Å². The maximum absolute atomic E-state index is 5.23. The number of hydrogen-bond acceptors (Lipinski definition) is 6. The Morgan fingerprint density at radius 3 is 2.79 bits per heavy atom. The standard InChI is InChI=1S/C16H21N7O/c1-21-14(3-6-18-21)12-4-7-22(8-5-12)15-9-13(10-24-2)20-16-17-11-19-23(15)16/h3,6,9,11-12H,4-5,7-8,10H2,1-2H3. The van der Waals surface area contributed by atoms with Crippen LogP contribution in [0.5, 0.6) is 0 Å². The van der Waals surface area contributed by atoms with Crippen LogP contribution in [0.4, 0.5) is 5.82 Å². The molecule has 4 heterocycles. The summed E-state index contributed by atoms with van der Waals surface area (Å²) >= 11 is 0. The number of methoxy groups -OCH3 is 1. The van der Waals surface area contributed by atoms with E-state index in [1.807, 2.05) is 22.4 Å². The maximum atomic E-state index is 5.23. The van der Waals surface area contributed by atoms with Gasteiger partial charge in [0.1, 0.15) is 12.1 Å². The fraction of sp³-hybridized carbons (Fsp3) is 0.500. The van der Waals surface area contributed by atoms with Crippen LogP contribution in [0, 0.1) is 0 Å². The van der Waals surface area contributed by atoms with Crippen LogP contribution in [0.2, 0.25) is 0 Å². The topological polar surface area (TPSA) is 73.4 Å². The first kappa shape index (κ1) is 15.1. The predicted molar refractivity (Wildman–Crippen MR) is 88.9 cm³/mol. The Morgan fingerprint density at radius 1 is 1.25 bits per heavy atom. The van der Waals surface area contributed by atoms with Crippen molar-refractivity contribution in [1.82, 2.24) is 29.4 Å². The van der Waals surface area contributed by atoms with Crippen LogP contribution in [-0.4, -0.2) is 49.6 Å². The molecule has 0 radical (unpaired) electrons. The van der Waals surface area contributed by atoms with Gasteiger partial charge in [0, 0.05) is 51.1 Å². The van der Waals surface area contributed by atoms with E-state index in [9.17, 15) is 0 Å². The first-order chi connectivity index (χ1) is 11.8. The first-order valence-corrected chi connectivity index (χ1v) is 8.17. The molecule has 1 fully saturated rings. The molecule has 0 amide bonds. The summed E-state index contributed by atoms with van der Waals surface area (Å²) in [7, 11) is 3.69. The van der Waals surface area contributed by atoms with Crippen molar-refractivity contribution in [3.8, 4) is 0 Å². The van der Waals surface area contributed by atoms with Crippen molar-refractivity contribution in [3.63, 3.8) is 0 Å². The monoisotopic (exact) mass is 327 g/mol. The fourth-order valence-corrected chi connectivity index (χ4v) is 3.48. The van der Waals surface area contributed by atoms with E-state index in [1.54, 1.807) is 13.4 Å². The normalized spacial score (nSPS) is 16.2. The SMILES string of the molecule is COCc1cc(N2CCC(c3ccnn3C)CC2)n2ncnc2n1. The Kier molecular flexibility index (Phi) is 3.89. The van der Waals surface area contributed by atoms with E-state index in [-0.39, 0.29) is 0 Å². The molecular formula is C16H21N7O. The zero-order valence-electron chi connectivity index (χ0n) is 14.0. The summed E-state index contributed by atoms with van der Waals surface area (Å²) < 4.78 is 9.02. The molecule has 0 atom stereocenters. The Labute approximate surface area is 140 Å². The number of aromatic nitrogens is 6. The van der Waals surface area contributed by atoms with Gasteiger partial charge in [0.05, 0.1) is 12.3 Å². The first-order valence-electron chi connectivity index (χ1n) is 8.17. The van der Waals surface area contributed by atoms with Gasteiger partial charge in [-0.1, -0.05) is 0 Å². The van der Waals surface area contributed by atoms with Crippen LogP contribution in [0.3, 0.4) is 0 Å². The molecule has 3 aromatic heterocycles. The summed E-state index contributed by atoms with van der Waals surface area (Å²) in [5, 5.41) is 8.62. The number of hydrogen-bond donors (Lipinski definition) is 0. The van der Waals surface area contributed by atoms with Gasteiger partial charge in [-0.3, -0.25) is 4.68 Å². The zero-order valence-corrected chi connectivity index (χ0v) is 14.0. The van der Waals surface area contributed by atoms with E-state index in [2.05, 4.69) is 37.2 Å². The molecule has 1 saturated heterocycles. The van der Waals surface area contributed by atoms with E-state index in [4.69, 9.17) is 4.74 Å². The third-order valence-corrected chi connectivity index (χ3v) is 4.67.